The lowest BCUT2D eigenvalue weighted by molar-refractivity contribution is -0.142. The Bertz CT molecular complexity index is 611. The van der Waals surface area contributed by atoms with Gasteiger partial charge in [-0.15, -0.1) is 11.3 Å². The van der Waals surface area contributed by atoms with E-state index >= 15 is 0 Å². The predicted octanol–water partition coefficient (Wildman–Crippen LogP) is 1.74. The number of aromatic nitrogens is 1. The van der Waals surface area contributed by atoms with E-state index in [-0.39, 0.29) is 13.2 Å². The molecule has 0 aliphatic rings. The second kappa shape index (κ2) is 9.21. The first kappa shape index (κ1) is 20.7. The van der Waals surface area contributed by atoms with Crippen molar-refractivity contribution in [2.45, 2.75) is 45.9 Å². The van der Waals surface area contributed by atoms with Gasteiger partial charge in [0.15, 0.2) is 0 Å². The first-order valence-corrected chi connectivity index (χ1v) is 8.37. The van der Waals surface area contributed by atoms with E-state index in [4.69, 9.17) is 9.47 Å². The average molecular weight is 373 g/mol. The van der Waals surface area contributed by atoms with Crippen LogP contribution in [0.5, 0.6) is 0 Å². The fraction of sp³-hybridized carbons (Fsp3) is 0.600. The first-order chi connectivity index (χ1) is 11.6. The van der Waals surface area contributed by atoms with Crippen molar-refractivity contribution in [1.82, 2.24) is 15.6 Å². The maximum Gasteiger partial charge on any atom is 0.408 e. The van der Waals surface area contributed by atoms with Crippen molar-refractivity contribution in [1.29, 1.82) is 0 Å². The minimum absolute atomic E-state index is 0.0161. The van der Waals surface area contributed by atoms with Gasteiger partial charge in [-0.25, -0.2) is 19.4 Å². The largest absolute Gasteiger partial charge is 0.467 e. The van der Waals surface area contributed by atoms with Crippen molar-refractivity contribution >= 4 is 29.5 Å². The van der Waals surface area contributed by atoms with Gasteiger partial charge in [0, 0.05) is 11.1 Å². The van der Waals surface area contributed by atoms with E-state index in [1.54, 1.807) is 20.8 Å². The maximum atomic E-state index is 11.8. The molecule has 140 valence electrons. The molecular formula is C15H23N3O6S. The van der Waals surface area contributed by atoms with E-state index in [1.165, 1.54) is 18.4 Å². The van der Waals surface area contributed by atoms with Gasteiger partial charge in [-0.1, -0.05) is 0 Å². The molecule has 0 aliphatic carbocycles. The van der Waals surface area contributed by atoms with E-state index in [2.05, 4.69) is 20.4 Å². The van der Waals surface area contributed by atoms with E-state index in [9.17, 15) is 14.4 Å². The summed E-state index contributed by atoms with van der Waals surface area (Å²) < 4.78 is 14.7. The molecule has 1 atom stereocenters. The molecule has 0 saturated heterocycles. The fourth-order valence-electron chi connectivity index (χ4n) is 1.62. The van der Waals surface area contributed by atoms with Gasteiger partial charge in [0.2, 0.25) is 0 Å². The Kier molecular flexibility index (Phi) is 7.62. The Balaban J connectivity index is 2.50. The van der Waals surface area contributed by atoms with E-state index < -0.39 is 29.8 Å². The Morgan fingerprint density at radius 1 is 1.28 bits per heavy atom. The van der Waals surface area contributed by atoms with Crippen molar-refractivity contribution in [3.8, 4) is 0 Å². The van der Waals surface area contributed by atoms with Gasteiger partial charge in [-0.05, 0) is 27.7 Å². The summed E-state index contributed by atoms with van der Waals surface area (Å²) in [5.41, 5.74) is 0.154. The Hall–Kier alpha value is -2.36. The van der Waals surface area contributed by atoms with Gasteiger partial charge in [-0.3, -0.25) is 0 Å². The third-order valence-electron chi connectivity index (χ3n) is 2.62. The average Bonchev–Trinajstić information content (AvgIpc) is 2.92. The molecule has 1 rings (SSSR count). The Morgan fingerprint density at radius 2 is 1.96 bits per heavy atom. The summed E-state index contributed by atoms with van der Waals surface area (Å²) in [5.74, 6) is -0.724. The Labute approximate surface area is 150 Å². The highest BCUT2D eigenvalue weighted by Gasteiger charge is 2.24. The van der Waals surface area contributed by atoms with Gasteiger partial charge in [0.25, 0.3) is 0 Å². The predicted molar refractivity (Wildman–Crippen MR) is 90.2 cm³/mol. The molecule has 2 amide bonds. The summed E-state index contributed by atoms with van der Waals surface area (Å²) in [5, 5.41) is 7.19. The number of hydrogen-bond acceptors (Lipinski definition) is 8. The molecule has 1 aromatic rings. The van der Waals surface area contributed by atoms with Crippen LogP contribution in [0.4, 0.5) is 9.59 Å². The van der Waals surface area contributed by atoms with E-state index in [0.29, 0.717) is 5.01 Å². The molecule has 0 radical (unpaired) electrons. The normalized spacial score (nSPS) is 12.0. The molecule has 9 nitrogen and oxygen atoms in total. The van der Waals surface area contributed by atoms with Gasteiger partial charge >= 0.3 is 18.2 Å². The highest BCUT2D eigenvalue weighted by Crippen LogP contribution is 2.10. The number of alkyl carbamates (subject to hydrolysis) is 2. The van der Waals surface area contributed by atoms with Crippen LogP contribution in [0, 0.1) is 6.92 Å². The van der Waals surface area contributed by atoms with Crippen molar-refractivity contribution in [3.63, 3.8) is 0 Å². The number of hydrogen-bond donors (Lipinski definition) is 2. The van der Waals surface area contributed by atoms with Crippen LogP contribution < -0.4 is 10.6 Å². The number of aryl methyl sites for hydroxylation is 1. The number of nitrogens with one attached hydrogen (secondary N) is 2. The maximum absolute atomic E-state index is 11.8. The number of ether oxygens (including phenoxy) is 3. The van der Waals surface area contributed by atoms with E-state index in [0.717, 1.165) is 5.69 Å². The van der Waals surface area contributed by atoms with Gasteiger partial charge in [0.05, 0.1) is 13.7 Å². The fourth-order valence-corrected chi connectivity index (χ4v) is 2.30. The molecule has 0 unspecified atom stereocenters. The van der Waals surface area contributed by atoms with Crippen LogP contribution in [0.25, 0.3) is 0 Å². The summed E-state index contributed by atoms with van der Waals surface area (Å²) in [7, 11) is 1.17. The number of nitrogens with zero attached hydrogens (tertiary/aromatic N) is 1. The van der Waals surface area contributed by atoms with Crippen molar-refractivity contribution in [2.24, 2.45) is 0 Å². The van der Waals surface area contributed by atoms with Gasteiger partial charge in [0.1, 0.15) is 23.3 Å². The zero-order valence-corrected chi connectivity index (χ0v) is 15.7. The minimum atomic E-state index is -1.11. The van der Waals surface area contributed by atoms with Crippen molar-refractivity contribution in [2.75, 3.05) is 13.7 Å². The second-order valence-corrected chi connectivity index (χ2v) is 7.00. The molecule has 0 aliphatic heterocycles. The molecule has 0 bridgehead atoms. The molecule has 25 heavy (non-hydrogen) atoms. The molecule has 1 heterocycles. The number of esters is 1. The summed E-state index contributed by atoms with van der Waals surface area (Å²) in [6.07, 6.45) is -1.54. The molecule has 2 N–H and O–H groups in total. The van der Waals surface area contributed by atoms with Crippen LogP contribution >= 0.6 is 11.3 Å². The standard InChI is InChI=1S/C15H23N3O6S/c1-9-8-25-11(17-9)7-23-14(21)18-10(12(19)22-5)6-16-13(20)24-15(2,3)4/h8,10H,6-7H2,1-5H3,(H,16,20)(H,18,21)/t10-/m0/s1. The molecule has 10 heteroatoms. The molecule has 0 saturated carbocycles. The number of rotatable bonds is 6. The summed E-state index contributed by atoms with van der Waals surface area (Å²) >= 11 is 1.36. The monoisotopic (exact) mass is 373 g/mol. The van der Waals surface area contributed by atoms with Crippen LogP contribution in [0.15, 0.2) is 5.38 Å². The van der Waals surface area contributed by atoms with Gasteiger partial charge in [-0.2, -0.15) is 0 Å². The summed E-state index contributed by atoms with van der Waals surface area (Å²) in [6, 6.07) is -1.11. The van der Waals surface area contributed by atoms with Crippen molar-refractivity contribution < 1.29 is 28.6 Å². The highest BCUT2D eigenvalue weighted by atomic mass is 32.1. The quantitative estimate of drug-likeness (QED) is 0.576. The molecular weight excluding hydrogens is 350 g/mol. The SMILES string of the molecule is COC(=O)[C@H](CNC(=O)OC(C)(C)C)NC(=O)OCc1nc(C)cs1. The zero-order valence-electron chi connectivity index (χ0n) is 14.9. The van der Waals surface area contributed by atoms with Crippen LogP contribution in [0.3, 0.4) is 0 Å². The topological polar surface area (TPSA) is 116 Å². The highest BCUT2D eigenvalue weighted by molar-refractivity contribution is 7.09. The molecule has 0 spiro atoms. The van der Waals surface area contributed by atoms with Crippen LogP contribution in [0.2, 0.25) is 0 Å². The first-order valence-electron chi connectivity index (χ1n) is 7.49. The lowest BCUT2D eigenvalue weighted by Crippen LogP contribution is -2.49. The zero-order chi connectivity index (χ0) is 19.0. The molecule has 0 fully saturated rings. The minimum Gasteiger partial charge on any atom is -0.467 e. The van der Waals surface area contributed by atoms with Crippen molar-refractivity contribution in [3.05, 3.63) is 16.1 Å². The number of carbonyl (C=O) groups is 3. The van der Waals surface area contributed by atoms with Crippen LogP contribution in [-0.4, -0.2) is 48.4 Å². The number of methoxy groups -OCH3 is 1. The summed E-state index contributed by atoms with van der Waals surface area (Å²) in [4.78, 5) is 39.3. The second-order valence-electron chi connectivity index (χ2n) is 6.06. The van der Waals surface area contributed by atoms with Crippen LogP contribution in [-0.2, 0) is 25.6 Å². The van der Waals surface area contributed by atoms with Crippen LogP contribution in [0.1, 0.15) is 31.5 Å². The molecule has 1 aromatic heterocycles. The third kappa shape index (κ3) is 8.34. The summed E-state index contributed by atoms with van der Waals surface area (Å²) in [6.45, 7) is 6.74. The smallest absolute Gasteiger partial charge is 0.408 e. The van der Waals surface area contributed by atoms with Gasteiger partial charge < -0.3 is 24.8 Å². The number of carbonyl (C=O) groups excluding carboxylic acids is 3. The Morgan fingerprint density at radius 3 is 2.48 bits per heavy atom. The number of amides is 2. The third-order valence-corrected chi connectivity index (χ3v) is 3.56. The number of thiazole rings is 1. The molecule has 0 aromatic carbocycles. The lowest BCUT2D eigenvalue weighted by Gasteiger charge is -2.21. The lowest BCUT2D eigenvalue weighted by atomic mass is 10.2. The van der Waals surface area contributed by atoms with E-state index in [1.807, 2.05) is 12.3 Å².